The maximum atomic E-state index is 9.86. The summed E-state index contributed by atoms with van der Waals surface area (Å²) in [6.45, 7) is 0. The second-order valence-corrected chi connectivity index (χ2v) is 2.44. The molecule has 0 aliphatic rings. The maximum absolute atomic E-state index is 9.86. The Bertz CT molecular complexity index is 292. The van der Waals surface area contributed by atoms with Gasteiger partial charge in [-0.25, -0.2) is 15.5 Å². The molecule has 5 nitrogen and oxygen atoms in total. The standard InChI is InChI=1S/C6H6ClN3O2/c7-5-2-1-3-6(4-5)8-9-10(11)12/h1-4,8-9H. The molecule has 0 spiro atoms. The summed E-state index contributed by atoms with van der Waals surface area (Å²) >= 11 is 5.62. The maximum Gasteiger partial charge on any atom is 0.178 e. The number of halogens is 1. The molecule has 1 aromatic carbocycles. The molecule has 0 saturated heterocycles. The van der Waals surface area contributed by atoms with E-state index < -0.39 is 5.03 Å². The van der Waals surface area contributed by atoms with Crippen molar-refractivity contribution >= 4 is 17.3 Å². The number of rotatable bonds is 3. The fourth-order valence-corrected chi connectivity index (χ4v) is 0.867. The Balaban J connectivity index is 2.57. The van der Waals surface area contributed by atoms with E-state index >= 15 is 0 Å². The van der Waals surface area contributed by atoms with Crippen molar-refractivity contribution in [3.63, 3.8) is 0 Å². The van der Waals surface area contributed by atoms with Crippen molar-refractivity contribution in [1.82, 2.24) is 5.53 Å². The lowest BCUT2D eigenvalue weighted by Gasteiger charge is -2.01. The number of nitrogens with one attached hydrogen (secondary N) is 2. The Labute approximate surface area is 73.4 Å². The summed E-state index contributed by atoms with van der Waals surface area (Å²) in [4.78, 5) is 9.86. The van der Waals surface area contributed by atoms with Gasteiger partial charge in [-0.15, -0.1) is 0 Å². The first-order valence-corrected chi connectivity index (χ1v) is 3.48. The molecule has 2 N–H and O–H groups in total. The Kier molecular flexibility index (Phi) is 2.71. The highest BCUT2D eigenvalue weighted by Gasteiger charge is 1.94. The number of nitrogens with zero attached hydrogens (tertiary/aromatic N) is 1. The molecule has 6 heteroatoms. The van der Waals surface area contributed by atoms with Gasteiger partial charge < -0.3 is 0 Å². The molecule has 0 unspecified atom stereocenters. The lowest BCUT2D eigenvalue weighted by molar-refractivity contribution is -0.538. The van der Waals surface area contributed by atoms with Gasteiger partial charge in [0.1, 0.15) is 0 Å². The lowest BCUT2D eigenvalue weighted by Crippen LogP contribution is -2.27. The topological polar surface area (TPSA) is 67.2 Å². The fraction of sp³-hybridized carbons (Fsp3) is 0. The van der Waals surface area contributed by atoms with Gasteiger partial charge in [-0.05, 0) is 23.7 Å². The van der Waals surface area contributed by atoms with Crippen molar-refractivity contribution in [3.05, 3.63) is 39.4 Å². The largest absolute Gasteiger partial charge is 0.248 e. The Morgan fingerprint density at radius 1 is 1.50 bits per heavy atom. The summed E-state index contributed by atoms with van der Waals surface area (Å²) in [5, 5.41) is 9.68. The van der Waals surface area contributed by atoms with Crippen LogP contribution in [-0.4, -0.2) is 5.03 Å². The fourth-order valence-electron chi connectivity index (χ4n) is 0.676. The van der Waals surface area contributed by atoms with Gasteiger partial charge in [-0.3, -0.25) is 0 Å². The van der Waals surface area contributed by atoms with Crippen molar-refractivity contribution < 1.29 is 5.03 Å². The number of anilines is 1. The van der Waals surface area contributed by atoms with Gasteiger partial charge in [0, 0.05) is 5.02 Å². The van der Waals surface area contributed by atoms with Gasteiger partial charge in [-0.2, -0.15) is 0 Å². The number of hydrogen-bond acceptors (Lipinski definition) is 3. The van der Waals surface area contributed by atoms with E-state index in [4.69, 9.17) is 11.6 Å². The monoisotopic (exact) mass is 187 g/mol. The minimum atomic E-state index is -0.694. The van der Waals surface area contributed by atoms with Crippen molar-refractivity contribution in [2.75, 3.05) is 5.43 Å². The van der Waals surface area contributed by atoms with Crippen LogP contribution in [0, 0.1) is 10.1 Å². The predicted octanol–water partition coefficient (Wildman–Crippen LogP) is 1.45. The zero-order valence-corrected chi connectivity index (χ0v) is 6.71. The molecular weight excluding hydrogens is 182 g/mol. The van der Waals surface area contributed by atoms with Crippen molar-refractivity contribution in [3.8, 4) is 0 Å². The Morgan fingerprint density at radius 2 is 2.25 bits per heavy atom. The molecule has 12 heavy (non-hydrogen) atoms. The van der Waals surface area contributed by atoms with E-state index in [1.54, 1.807) is 29.8 Å². The number of benzene rings is 1. The molecule has 0 aromatic heterocycles. The van der Waals surface area contributed by atoms with Crippen LogP contribution in [0.5, 0.6) is 0 Å². The van der Waals surface area contributed by atoms with Crippen LogP contribution in [0.15, 0.2) is 24.3 Å². The summed E-state index contributed by atoms with van der Waals surface area (Å²) in [6.07, 6.45) is 0. The molecule has 0 bridgehead atoms. The van der Waals surface area contributed by atoms with Gasteiger partial charge >= 0.3 is 0 Å². The zero-order valence-electron chi connectivity index (χ0n) is 5.95. The van der Waals surface area contributed by atoms with Gasteiger partial charge in [0.25, 0.3) is 0 Å². The van der Waals surface area contributed by atoms with Crippen molar-refractivity contribution in [1.29, 1.82) is 0 Å². The summed E-state index contributed by atoms with van der Waals surface area (Å²) in [6, 6.07) is 6.59. The highest BCUT2D eigenvalue weighted by molar-refractivity contribution is 6.30. The van der Waals surface area contributed by atoms with Crippen LogP contribution < -0.4 is 11.0 Å². The molecule has 0 fully saturated rings. The van der Waals surface area contributed by atoms with Gasteiger partial charge in [0.05, 0.1) is 5.69 Å². The molecule has 0 atom stereocenters. The van der Waals surface area contributed by atoms with E-state index in [2.05, 4.69) is 5.43 Å². The highest BCUT2D eigenvalue weighted by Crippen LogP contribution is 2.13. The summed E-state index contributed by atoms with van der Waals surface area (Å²) in [5.74, 6) is 0. The van der Waals surface area contributed by atoms with E-state index in [1.807, 2.05) is 0 Å². The van der Waals surface area contributed by atoms with E-state index in [9.17, 15) is 10.1 Å². The molecule has 0 aliphatic heterocycles. The molecule has 64 valence electrons. The third kappa shape index (κ3) is 2.63. The van der Waals surface area contributed by atoms with Crippen LogP contribution in [0.3, 0.4) is 0 Å². The first-order chi connectivity index (χ1) is 5.68. The second-order valence-electron chi connectivity index (χ2n) is 2.00. The average molecular weight is 188 g/mol. The van der Waals surface area contributed by atoms with Crippen molar-refractivity contribution in [2.24, 2.45) is 0 Å². The van der Waals surface area contributed by atoms with Gasteiger partial charge in [-0.1, -0.05) is 17.7 Å². The minimum absolute atomic E-state index is 0.519. The Morgan fingerprint density at radius 3 is 2.83 bits per heavy atom. The second kappa shape index (κ2) is 3.77. The van der Waals surface area contributed by atoms with E-state index in [0.717, 1.165) is 0 Å². The van der Waals surface area contributed by atoms with Crippen LogP contribution in [0.4, 0.5) is 5.69 Å². The normalized spacial score (nSPS) is 9.08. The van der Waals surface area contributed by atoms with Crippen LogP contribution in [0.1, 0.15) is 0 Å². The molecule has 0 amide bonds. The van der Waals surface area contributed by atoms with Crippen LogP contribution >= 0.6 is 11.6 Å². The van der Waals surface area contributed by atoms with Crippen molar-refractivity contribution in [2.45, 2.75) is 0 Å². The molecule has 0 heterocycles. The number of hydrazine groups is 2. The van der Waals surface area contributed by atoms with Gasteiger partial charge in [0.15, 0.2) is 5.03 Å². The van der Waals surface area contributed by atoms with E-state index in [0.29, 0.717) is 10.7 Å². The lowest BCUT2D eigenvalue weighted by atomic mass is 10.3. The third-order valence-corrected chi connectivity index (χ3v) is 1.35. The first-order valence-electron chi connectivity index (χ1n) is 3.10. The first kappa shape index (κ1) is 8.61. The highest BCUT2D eigenvalue weighted by atomic mass is 35.5. The quantitative estimate of drug-likeness (QED) is 0.555. The van der Waals surface area contributed by atoms with Crippen LogP contribution in [0.25, 0.3) is 0 Å². The van der Waals surface area contributed by atoms with E-state index in [-0.39, 0.29) is 0 Å². The SMILES string of the molecule is O=[N+]([O-])NNc1cccc(Cl)c1. The van der Waals surface area contributed by atoms with Gasteiger partial charge in [0.2, 0.25) is 0 Å². The summed E-state index contributed by atoms with van der Waals surface area (Å²) in [7, 11) is 0. The molecule has 0 radical (unpaired) electrons. The van der Waals surface area contributed by atoms with Crippen LogP contribution in [0.2, 0.25) is 5.02 Å². The average Bonchev–Trinajstić information content (AvgIpc) is 2.01. The smallest absolute Gasteiger partial charge is 0.178 e. The molecule has 0 saturated carbocycles. The molecule has 1 rings (SSSR count). The Hall–Kier alpha value is -1.49. The summed E-state index contributed by atoms with van der Waals surface area (Å²) < 4.78 is 0. The molecular formula is C6H6ClN3O2. The summed E-state index contributed by atoms with van der Waals surface area (Å²) in [5.41, 5.74) is 4.69. The number of nitro groups is 1. The number of hydrogen-bond donors (Lipinski definition) is 2. The predicted molar refractivity (Wildman–Crippen MR) is 45.2 cm³/mol. The third-order valence-electron chi connectivity index (χ3n) is 1.12. The zero-order chi connectivity index (χ0) is 8.97. The molecule has 0 aliphatic carbocycles. The van der Waals surface area contributed by atoms with E-state index in [1.165, 1.54) is 0 Å². The van der Waals surface area contributed by atoms with Crippen LogP contribution in [-0.2, 0) is 0 Å². The molecule has 1 aromatic rings. The minimum Gasteiger partial charge on any atom is -0.248 e.